The van der Waals surface area contributed by atoms with Crippen LogP contribution in [-0.4, -0.2) is 36.1 Å². The van der Waals surface area contributed by atoms with Gasteiger partial charge in [0.2, 0.25) is 6.41 Å². The predicted octanol–water partition coefficient (Wildman–Crippen LogP) is 3.58. The fourth-order valence-electron chi connectivity index (χ4n) is 2.75. The van der Waals surface area contributed by atoms with E-state index >= 15 is 0 Å². The quantitative estimate of drug-likeness (QED) is 0.482. The number of rotatable bonds is 5. The van der Waals surface area contributed by atoms with Crippen LogP contribution in [0.4, 0.5) is 19.0 Å². The lowest BCUT2D eigenvalue weighted by Gasteiger charge is -2.05. The van der Waals surface area contributed by atoms with Crippen LogP contribution in [-0.2, 0) is 18.0 Å². The number of H-pyrrole nitrogens is 1. The molecule has 2 N–H and O–H groups in total. The van der Waals surface area contributed by atoms with Crippen molar-refractivity contribution in [2.75, 3.05) is 5.32 Å². The minimum absolute atomic E-state index is 0.113. The van der Waals surface area contributed by atoms with E-state index in [1.165, 1.54) is 37.0 Å². The molecule has 0 aliphatic rings. The molecule has 0 atom stereocenters. The van der Waals surface area contributed by atoms with Crippen LogP contribution in [0.15, 0.2) is 36.9 Å². The number of imidazole rings is 1. The Labute approximate surface area is 165 Å². The number of carbonyl (C=O) groups is 1. The molecular formula is C17H12F3N7OS. The number of aryl methyl sites for hydroxylation is 1. The van der Waals surface area contributed by atoms with Crippen LogP contribution in [0, 0.1) is 0 Å². The lowest BCUT2D eigenvalue weighted by molar-refractivity contribution is -0.141. The summed E-state index contributed by atoms with van der Waals surface area (Å²) in [5, 5.41) is 6.45. The summed E-state index contributed by atoms with van der Waals surface area (Å²) in [4.78, 5) is 26.6. The van der Waals surface area contributed by atoms with Gasteiger partial charge in [-0.1, -0.05) is 0 Å². The third-order valence-electron chi connectivity index (χ3n) is 3.91. The van der Waals surface area contributed by atoms with Gasteiger partial charge in [-0.15, -0.1) is 11.3 Å². The van der Waals surface area contributed by atoms with Gasteiger partial charge in [-0.05, 0) is 12.1 Å². The molecule has 8 nitrogen and oxygen atoms in total. The van der Waals surface area contributed by atoms with Gasteiger partial charge in [-0.2, -0.15) is 18.3 Å². The number of aromatic nitrogens is 6. The normalized spacial score (nSPS) is 11.6. The van der Waals surface area contributed by atoms with Crippen molar-refractivity contribution >= 4 is 23.6 Å². The van der Waals surface area contributed by atoms with Crippen LogP contribution in [0.25, 0.3) is 32.5 Å². The lowest BCUT2D eigenvalue weighted by Crippen LogP contribution is -2.08. The number of anilines is 1. The zero-order valence-corrected chi connectivity index (χ0v) is 15.5. The Morgan fingerprint density at radius 2 is 2.10 bits per heavy atom. The summed E-state index contributed by atoms with van der Waals surface area (Å²) in [5.41, 5.74) is -0.468. The van der Waals surface area contributed by atoms with Crippen molar-refractivity contribution in [1.29, 1.82) is 0 Å². The molecule has 4 aromatic rings. The second-order valence-corrected chi connectivity index (χ2v) is 6.89. The van der Waals surface area contributed by atoms with Gasteiger partial charge in [0.1, 0.15) is 16.6 Å². The summed E-state index contributed by atoms with van der Waals surface area (Å²) in [6.45, 7) is 0. The Morgan fingerprint density at radius 1 is 1.28 bits per heavy atom. The molecule has 0 radical (unpaired) electrons. The van der Waals surface area contributed by atoms with Gasteiger partial charge in [0.15, 0.2) is 5.69 Å². The molecule has 29 heavy (non-hydrogen) atoms. The first kappa shape index (κ1) is 18.8. The van der Waals surface area contributed by atoms with Gasteiger partial charge in [0.05, 0.1) is 16.1 Å². The van der Waals surface area contributed by atoms with Crippen molar-refractivity contribution < 1.29 is 18.0 Å². The highest BCUT2D eigenvalue weighted by Gasteiger charge is 2.39. The number of pyridine rings is 1. The SMILES string of the molecule is Cn1cc(-c2nc(-c3ccnc(NC=O)c3)sc2-c2ncc[nH]2)c(C(F)(F)F)n1. The Morgan fingerprint density at radius 3 is 2.79 bits per heavy atom. The van der Waals surface area contributed by atoms with E-state index < -0.39 is 11.9 Å². The molecule has 0 saturated carbocycles. The Bertz CT molecular complexity index is 1160. The molecule has 0 spiro atoms. The predicted molar refractivity (Wildman–Crippen MR) is 99.8 cm³/mol. The molecule has 148 valence electrons. The molecule has 0 saturated heterocycles. The Balaban J connectivity index is 1.91. The fourth-order valence-corrected chi connectivity index (χ4v) is 3.79. The first-order valence-electron chi connectivity index (χ1n) is 8.15. The van der Waals surface area contributed by atoms with Crippen LogP contribution in [0.3, 0.4) is 0 Å². The van der Waals surface area contributed by atoms with Crippen LogP contribution in [0.5, 0.6) is 0 Å². The highest BCUT2D eigenvalue weighted by Crippen LogP contribution is 2.43. The largest absolute Gasteiger partial charge is 0.435 e. The van der Waals surface area contributed by atoms with E-state index in [9.17, 15) is 18.0 Å². The summed E-state index contributed by atoms with van der Waals surface area (Å²) in [5.74, 6) is 0.687. The molecule has 0 aliphatic carbocycles. The third kappa shape index (κ3) is 3.61. The molecule has 0 bridgehead atoms. The van der Waals surface area contributed by atoms with Gasteiger partial charge in [-0.3, -0.25) is 9.48 Å². The molecule has 4 heterocycles. The monoisotopic (exact) mass is 419 g/mol. The van der Waals surface area contributed by atoms with Gasteiger partial charge in [0, 0.05) is 37.4 Å². The Hall–Kier alpha value is -3.54. The van der Waals surface area contributed by atoms with Gasteiger partial charge in [-0.25, -0.2) is 15.0 Å². The molecule has 4 rings (SSSR count). The average molecular weight is 419 g/mol. The van der Waals surface area contributed by atoms with E-state index in [2.05, 4.69) is 30.4 Å². The topological polar surface area (TPSA) is 101 Å². The fraction of sp³-hybridized carbons (Fsp3) is 0.118. The second-order valence-electron chi connectivity index (χ2n) is 5.89. The molecule has 0 aromatic carbocycles. The second kappa shape index (κ2) is 7.13. The van der Waals surface area contributed by atoms with Crippen LogP contribution >= 0.6 is 11.3 Å². The van der Waals surface area contributed by atoms with Gasteiger partial charge in [0.25, 0.3) is 0 Å². The lowest BCUT2D eigenvalue weighted by atomic mass is 10.1. The van der Waals surface area contributed by atoms with Crippen molar-refractivity contribution in [2.24, 2.45) is 7.05 Å². The molecule has 0 aliphatic heterocycles. The highest BCUT2D eigenvalue weighted by molar-refractivity contribution is 7.18. The molecule has 0 fully saturated rings. The van der Waals surface area contributed by atoms with Crippen molar-refractivity contribution in [2.45, 2.75) is 6.18 Å². The van der Waals surface area contributed by atoms with Gasteiger partial charge < -0.3 is 10.3 Å². The number of aromatic amines is 1. The summed E-state index contributed by atoms with van der Waals surface area (Å²) < 4.78 is 41.6. The van der Waals surface area contributed by atoms with Crippen LogP contribution in [0.2, 0.25) is 0 Å². The van der Waals surface area contributed by atoms with Crippen molar-refractivity contribution in [3.63, 3.8) is 0 Å². The molecule has 1 amide bonds. The minimum Gasteiger partial charge on any atom is -0.344 e. The first-order valence-corrected chi connectivity index (χ1v) is 8.97. The molecular weight excluding hydrogens is 407 g/mol. The maximum Gasteiger partial charge on any atom is 0.435 e. The number of nitrogens with one attached hydrogen (secondary N) is 2. The average Bonchev–Trinajstić information content (AvgIpc) is 3.40. The first-order chi connectivity index (χ1) is 13.9. The van der Waals surface area contributed by atoms with Gasteiger partial charge >= 0.3 is 6.18 Å². The number of hydrogen-bond donors (Lipinski definition) is 2. The number of thiazole rings is 1. The zero-order valence-electron chi connectivity index (χ0n) is 14.7. The number of hydrogen-bond acceptors (Lipinski definition) is 6. The van der Waals surface area contributed by atoms with E-state index in [1.807, 2.05) is 0 Å². The van der Waals surface area contributed by atoms with Crippen molar-refractivity contribution in [3.05, 3.63) is 42.6 Å². The highest BCUT2D eigenvalue weighted by atomic mass is 32.1. The molecule has 4 aromatic heterocycles. The zero-order chi connectivity index (χ0) is 20.6. The maximum absolute atomic E-state index is 13.5. The summed E-state index contributed by atoms with van der Waals surface area (Å²) in [7, 11) is 1.42. The Kier molecular flexibility index (Phi) is 4.62. The van der Waals surface area contributed by atoms with E-state index in [0.717, 1.165) is 4.68 Å². The van der Waals surface area contributed by atoms with E-state index in [0.29, 0.717) is 33.5 Å². The number of alkyl halides is 3. The number of amides is 1. The van der Waals surface area contributed by atoms with E-state index in [4.69, 9.17) is 0 Å². The smallest absolute Gasteiger partial charge is 0.344 e. The van der Waals surface area contributed by atoms with Crippen molar-refractivity contribution in [1.82, 2.24) is 29.7 Å². The van der Waals surface area contributed by atoms with Crippen molar-refractivity contribution in [3.8, 4) is 32.5 Å². The third-order valence-corrected chi connectivity index (χ3v) is 5.02. The number of halogens is 3. The number of carbonyl (C=O) groups excluding carboxylic acids is 1. The summed E-state index contributed by atoms with van der Waals surface area (Å²) in [6, 6.07) is 3.23. The van der Waals surface area contributed by atoms with E-state index in [-0.39, 0.29) is 11.3 Å². The standard InChI is InChI=1S/C17H12F3N7OS/c1-27-7-10(14(26-27)17(18,19)20)12-13(15-22-4-5-23-15)29-16(25-12)9-2-3-21-11(6-9)24-8-28/h2-8H,1H3,(H,22,23)(H,21,24,28). The summed E-state index contributed by atoms with van der Waals surface area (Å²) in [6.07, 6.45) is 1.67. The maximum atomic E-state index is 13.5. The van der Waals surface area contributed by atoms with Crippen LogP contribution in [0.1, 0.15) is 5.69 Å². The summed E-state index contributed by atoms with van der Waals surface area (Å²) >= 11 is 1.17. The van der Waals surface area contributed by atoms with E-state index in [1.54, 1.807) is 18.3 Å². The molecule has 12 heteroatoms. The minimum atomic E-state index is -4.64. The molecule has 0 unspecified atom stereocenters. The number of nitrogens with zero attached hydrogens (tertiary/aromatic N) is 5. The van der Waals surface area contributed by atoms with Crippen LogP contribution < -0.4 is 5.32 Å².